The SMILES string of the molecule is NNC(=O)c1ccc([N+](=O)[O-])cc1N. The molecule has 5 N–H and O–H groups in total. The van der Waals surface area contributed by atoms with Crippen molar-refractivity contribution < 1.29 is 9.72 Å². The predicted octanol–water partition coefficient (Wildman–Crippen LogP) is -0.220. The highest BCUT2D eigenvalue weighted by Crippen LogP contribution is 2.19. The largest absolute Gasteiger partial charge is 0.398 e. The number of hydrogen-bond donors (Lipinski definition) is 3. The van der Waals surface area contributed by atoms with Crippen LogP contribution in [0, 0.1) is 10.1 Å². The molecule has 7 nitrogen and oxygen atoms in total. The number of nitrogens with zero attached hydrogens (tertiary/aromatic N) is 1. The third-order valence-electron chi connectivity index (χ3n) is 1.62. The molecule has 1 aromatic rings. The Balaban J connectivity index is 3.14. The number of hydrogen-bond acceptors (Lipinski definition) is 5. The second-order valence-corrected chi connectivity index (χ2v) is 2.50. The average Bonchev–Trinajstić information content (AvgIpc) is 2.16. The summed E-state index contributed by atoms with van der Waals surface area (Å²) in [7, 11) is 0. The van der Waals surface area contributed by atoms with E-state index in [0.717, 1.165) is 6.07 Å². The fourth-order valence-corrected chi connectivity index (χ4v) is 0.948. The Morgan fingerprint density at radius 2 is 2.14 bits per heavy atom. The van der Waals surface area contributed by atoms with E-state index in [9.17, 15) is 14.9 Å². The maximum atomic E-state index is 11.0. The fraction of sp³-hybridized carbons (Fsp3) is 0. The molecular formula is C7H8N4O3. The Hall–Kier alpha value is -2.15. The molecule has 0 radical (unpaired) electrons. The number of nitro benzene ring substituents is 1. The molecule has 0 atom stereocenters. The topological polar surface area (TPSA) is 124 Å². The zero-order chi connectivity index (χ0) is 10.7. The number of carbonyl (C=O) groups excluding carboxylic acids is 1. The summed E-state index contributed by atoms with van der Waals surface area (Å²) in [6, 6.07) is 3.53. The lowest BCUT2D eigenvalue weighted by Gasteiger charge is -2.02. The van der Waals surface area contributed by atoms with Gasteiger partial charge in [-0.15, -0.1) is 0 Å². The van der Waals surface area contributed by atoms with E-state index in [0.29, 0.717) is 0 Å². The van der Waals surface area contributed by atoms with Gasteiger partial charge in [0.25, 0.3) is 11.6 Å². The molecule has 0 saturated carbocycles. The molecule has 0 bridgehead atoms. The molecule has 0 unspecified atom stereocenters. The molecule has 1 aromatic carbocycles. The van der Waals surface area contributed by atoms with Crippen LogP contribution in [0.25, 0.3) is 0 Å². The van der Waals surface area contributed by atoms with E-state index in [-0.39, 0.29) is 16.9 Å². The van der Waals surface area contributed by atoms with Gasteiger partial charge in [0.1, 0.15) is 0 Å². The van der Waals surface area contributed by atoms with Gasteiger partial charge < -0.3 is 5.73 Å². The molecule has 0 heterocycles. The van der Waals surface area contributed by atoms with Crippen molar-refractivity contribution in [3.05, 3.63) is 33.9 Å². The number of amides is 1. The number of non-ortho nitro benzene ring substituents is 1. The van der Waals surface area contributed by atoms with Crippen LogP contribution in [0.5, 0.6) is 0 Å². The lowest BCUT2D eigenvalue weighted by Crippen LogP contribution is -2.30. The molecule has 0 aromatic heterocycles. The Kier molecular flexibility index (Phi) is 2.63. The van der Waals surface area contributed by atoms with Gasteiger partial charge in [-0.25, -0.2) is 5.84 Å². The van der Waals surface area contributed by atoms with Gasteiger partial charge in [0.05, 0.1) is 16.2 Å². The molecule has 0 saturated heterocycles. The smallest absolute Gasteiger partial charge is 0.271 e. The van der Waals surface area contributed by atoms with Gasteiger partial charge in [-0.3, -0.25) is 20.3 Å². The summed E-state index contributed by atoms with van der Waals surface area (Å²) in [5.74, 6) is 4.30. The van der Waals surface area contributed by atoms with Crippen LogP contribution in [0.4, 0.5) is 11.4 Å². The number of benzene rings is 1. The third-order valence-corrected chi connectivity index (χ3v) is 1.62. The first-order valence-corrected chi connectivity index (χ1v) is 3.61. The van der Waals surface area contributed by atoms with Crippen molar-refractivity contribution in [1.82, 2.24) is 5.43 Å². The van der Waals surface area contributed by atoms with Gasteiger partial charge >= 0.3 is 0 Å². The first-order chi connectivity index (χ1) is 6.56. The molecule has 0 fully saturated rings. The summed E-state index contributed by atoms with van der Waals surface area (Å²) in [6.45, 7) is 0. The normalized spacial score (nSPS) is 9.50. The summed E-state index contributed by atoms with van der Waals surface area (Å²) < 4.78 is 0. The number of anilines is 1. The van der Waals surface area contributed by atoms with E-state index < -0.39 is 10.8 Å². The molecule has 74 valence electrons. The van der Waals surface area contributed by atoms with Crippen LogP contribution in [0.3, 0.4) is 0 Å². The number of nitrogens with one attached hydrogen (secondary N) is 1. The minimum atomic E-state index is -0.597. The van der Waals surface area contributed by atoms with Crippen molar-refractivity contribution in [1.29, 1.82) is 0 Å². The molecule has 0 aliphatic heterocycles. The van der Waals surface area contributed by atoms with E-state index in [1.807, 2.05) is 5.43 Å². The number of hydrazine groups is 1. The Morgan fingerprint density at radius 3 is 2.57 bits per heavy atom. The van der Waals surface area contributed by atoms with Crippen LogP contribution >= 0.6 is 0 Å². The van der Waals surface area contributed by atoms with Crippen LogP contribution in [0.1, 0.15) is 10.4 Å². The third kappa shape index (κ3) is 1.77. The zero-order valence-corrected chi connectivity index (χ0v) is 7.06. The minimum absolute atomic E-state index is 0.0159. The predicted molar refractivity (Wildman–Crippen MR) is 49.2 cm³/mol. The van der Waals surface area contributed by atoms with E-state index in [4.69, 9.17) is 11.6 Å². The molecule has 0 aliphatic carbocycles. The molecule has 0 spiro atoms. The molecule has 1 rings (SSSR count). The van der Waals surface area contributed by atoms with Crippen molar-refractivity contribution in [2.45, 2.75) is 0 Å². The summed E-state index contributed by atoms with van der Waals surface area (Å²) >= 11 is 0. The van der Waals surface area contributed by atoms with Crippen molar-refractivity contribution in [3.8, 4) is 0 Å². The van der Waals surface area contributed by atoms with E-state index >= 15 is 0 Å². The number of rotatable bonds is 2. The van der Waals surface area contributed by atoms with Gasteiger partial charge in [0.15, 0.2) is 0 Å². The molecule has 1 amide bonds. The number of nitrogen functional groups attached to an aromatic ring is 2. The lowest BCUT2D eigenvalue weighted by atomic mass is 10.1. The maximum Gasteiger partial charge on any atom is 0.271 e. The van der Waals surface area contributed by atoms with E-state index in [1.165, 1.54) is 12.1 Å². The quantitative estimate of drug-likeness (QED) is 0.198. The number of carbonyl (C=O) groups is 1. The van der Waals surface area contributed by atoms with Crippen LogP contribution in [0.15, 0.2) is 18.2 Å². The highest BCUT2D eigenvalue weighted by Gasteiger charge is 2.12. The second kappa shape index (κ2) is 3.71. The number of nitro groups is 1. The first kappa shape index (κ1) is 9.93. The fourth-order valence-electron chi connectivity index (χ4n) is 0.948. The van der Waals surface area contributed by atoms with Crippen LogP contribution in [-0.4, -0.2) is 10.8 Å². The monoisotopic (exact) mass is 196 g/mol. The van der Waals surface area contributed by atoms with Crippen molar-refractivity contribution >= 4 is 17.3 Å². The standard InChI is InChI=1S/C7H8N4O3/c8-6-3-4(11(13)14)1-2-5(6)7(12)10-9/h1-3H,8-9H2,(H,10,12). The molecule has 14 heavy (non-hydrogen) atoms. The summed E-state index contributed by atoms with van der Waals surface area (Å²) in [4.78, 5) is 20.8. The summed E-state index contributed by atoms with van der Waals surface area (Å²) in [5.41, 5.74) is 7.25. The van der Waals surface area contributed by atoms with Gasteiger partial charge in [0, 0.05) is 12.1 Å². The summed E-state index contributed by atoms with van der Waals surface area (Å²) in [5, 5.41) is 10.3. The molecule has 0 aliphatic rings. The zero-order valence-electron chi connectivity index (χ0n) is 7.06. The Bertz CT molecular complexity index is 391. The molecular weight excluding hydrogens is 188 g/mol. The van der Waals surface area contributed by atoms with E-state index in [1.54, 1.807) is 0 Å². The highest BCUT2D eigenvalue weighted by atomic mass is 16.6. The van der Waals surface area contributed by atoms with Gasteiger partial charge in [0.2, 0.25) is 0 Å². The maximum absolute atomic E-state index is 11.0. The molecule has 7 heteroatoms. The highest BCUT2D eigenvalue weighted by molar-refractivity contribution is 5.99. The van der Waals surface area contributed by atoms with Gasteiger partial charge in [-0.2, -0.15) is 0 Å². The van der Waals surface area contributed by atoms with Crippen LogP contribution < -0.4 is 17.0 Å². The van der Waals surface area contributed by atoms with E-state index in [2.05, 4.69) is 0 Å². The van der Waals surface area contributed by atoms with Gasteiger partial charge in [-0.05, 0) is 6.07 Å². The second-order valence-electron chi connectivity index (χ2n) is 2.50. The van der Waals surface area contributed by atoms with Gasteiger partial charge in [-0.1, -0.05) is 0 Å². The Labute approximate surface area is 78.8 Å². The number of nitrogens with two attached hydrogens (primary N) is 2. The van der Waals surface area contributed by atoms with Crippen molar-refractivity contribution in [2.24, 2.45) is 5.84 Å². The van der Waals surface area contributed by atoms with Crippen LogP contribution in [0.2, 0.25) is 0 Å². The summed E-state index contributed by atoms with van der Waals surface area (Å²) in [6.07, 6.45) is 0. The lowest BCUT2D eigenvalue weighted by molar-refractivity contribution is -0.384. The Morgan fingerprint density at radius 1 is 1.50 bits per heavy atom. The first-order valence-electron chi connectivity index (χ1n) is 3.61. The minimum Gasteiger partial charge on any atom is -0.398 e. The average molecular weight is 196 g/mol. The van der Waals surface area contributed by atoms with Crippen LogP contribution in [-0.2, 0) is 0 Å². The van der Waals surface area contributed by atoms with Crippen molar-refractivity contribution in [3.63, 3.8) is 0 Å². The van der Waals surface area contributed by atoms with Crippen molar-refractivity contribution in [2.75, 3.05) is 5.73 Å².